The summed E-state index contributed by atoms with van der Waals surface area (Å²) >= 11 is 10.5. The number of aromatic amines is 3. The van der Waals surface area contributed by atoms with Crippen LogP contribution >= 0.6 is 24.2 Å². The molecule has 45 heavy (non-hydrogen) atoms. The Balaban J connectivity index is 1.12. The van der Waals surface area contributed by atoms with Gasteiger partial charge in [-0.2, -0.15) is 12.6 Å². The molecule has 10 nitrogen and oxygen atoms in total. The fraction of sp³-hybridized carbons (Fsp3) is 0.182. The number of amides is 3. The standard InChI is InChI=1S/C33H29ClN6O4S/c1-16-14-35-31-27(41)12-26-30(29(16)31)19(13-34)15-40(26)33(44)25-11-18-9-21(3-5-23(18)39-25)37-32(43)24-10-17-8-20(2-4-22(17)38-24)36-28(42)6-7-45/h2-5,8-12,14,19,35,38-39,41,45H,6-7,13,15H2,1H3,(H,36,42)(H,37,43)/t19-/m1/s1. The van der Waals surface area contributed by atoms with Gasteiger partial charge < -0.3 is 35.6 Å². The van der Waals surface area contributed by atoms with Gasteiger partial charge in [-0.05, 0) is 72.3 Å². The van der Waals surface area contributed by atoms with Crippen LogP contribution in [-0.4, -0.2) is 56.0 Å². The number of anilines is 3. The number of halogens is 1. The van der Waals surface area contributed by atoms with Crippen LogP contribution in [0, 0.1) is 6.92 Å². The van der Waals surface area contributed by atoms with E-state index in [0.29, 0.717) is 58.6 Å². The van der Waals surface area contributed by atoms with Gasteiger partial charge in [0.25, 0.3) is 11.8 Å². The molecule has 1 aliphatic heterocycles. The molecular weight excluding hydrogens is 612 g/mol. The van der Waals surface area contributed by atoms with Crippen molar-refractivity contribution in [1.82, 2.24) is 15.0 Å². The Kier molecular flexibility index (Phi) is 7.22. The minimum absolute atomic E-state index is 0.0771. The van der Waals surface area contributed by atoms with Crippen molar-refractivity contribution < 1.29 is 19.5 Å². The number of aryl methyl sites for hydroxylation is 1. The molecule has 4 heterocycles. The second-order valence-electron chi connectivity index (χ2n) is 11.3. The monoisotopic (exact) mass is 640 g/mol. The van der Waals surface area contributed by atoms with Crippen LogP contribution in [-0.2, 0) is 4.79 Å². The number of hydrogen-bond donors (Lipinski definition) is 7. The highest BCUT2D eigenvalue weighted by atomic mass is 35.5. The second-order valence-corrected chi connectivity index (χ2v) is 12.0. The SMILES string of the molecule is Cc1c[nH]c2c(O)cc3c(c12)[C@H](CCl)CN3C(=O)c1cc2cc(NC(=O)c3cc4cc(NC(=O)CCS)ccc4[nH]3)ccc2[nH]1. The Morgan fingerprint density at radius 1 is 0.978 bits per heavy atom. The Labute approximate surface area is 267 Å². The van der Waals surface area contributed by atoms with E-state index in [0.717, 1.165) is 38.3 Å². The summed E-state index contributed by atoms with van der Waals surface area (Å²) in [6, 6.07) is 15.9. The molecule has 0 bridgehead atoms. The molecule has 0 spiro atoms. The molecule has 6 aromatic rings. The number of aromatic hydroxyl groups is 1. The van der Waals surface area contributed by atoms with Crippen molar-refractivity contribution in [3.63, 3.8) is 0 Å². The first-order valence-corrected chi connectivity index (χ1v) is 15.6. The second kappa shape index (κ2) is 11.2. The molecule has 0 fully saturated rings. The minimum Gasteiger partial charge on any atom is -0.506 e. The summed E-state index contributed by atoms with van der Waals surface area (Å²) in [5.41, 5.74) is 6.68. The summed E-state index contributed by atoms with van der Waals surface area (Å²) in [6.45, 7) is 2.36. The Morgan fingerprint density at radius 2 is 1.64 bits per heavy atom. The number of nitrogens with one attached hydrogen (secondary N) is 5. The lowest BCUT2D eigenvalue weighted by Crippen LogP contribution is -2.30. The van der Waals surface area contributed by atoms with Crippen LogP contribution in [0.4, 0.5) is 17.1 Å². The first-order valence-electron chi connectivity index (χ1n) is 14.4. The smallest absolute Gasteiger partial charge is 0.274 e. The van der Waals surface area contributed by atoms with Crippen molar-refractivity contribution in [2.45, 2.75) is 19.3 Å². The third-order valence-corrected chi connectivity index (χ3v) is 8.88. The first-order chi connectivity index (χ1) is 21.7. The van der Waals surface area contributed by atoms with Crippen LogP contribution in [0.15, 0.2) is 60.8 Å². The topological polar surface area (TPSA) is 146 Å². The van der Waals surface area contributed by atoms with Crippen LogP contribution in [0.25, 0.3) is 32.7 Å². The fourth-order valence-electron chi connectivity index (χ4n) is 6.17. The van der Waals surface area contributed by atoms with Crippen LogP contribution in [0.1, 0.15) is 44.4 Å². The summed E-state index contributed by atoms with van der Waals surface area (Å²) in [7, 11) is 0. The Bertz CT molecular complexity index is 2170. The minimum atomic E-state index is -0.329. The van der Waals surface area contributed by atoms with Gasteiger partial charge in [0, 0.05) is 75.6 Å². The molecule has 3 amide bonds. The summed E-state index contributed by atoms with van der Waals surface area (Å²) in [6.07, 6.45) is 2.15. The van der Waals surface area contributed by atoms with Crippen molar-refractivity contribution >= 4 is 91.7 Å². The average molecular weight is 641 g/mol. The largest absolute Gasteiger partial charge is 0.506 e. The molecule has 7 rings (SSSR count). The van der Waals surface area contributed by atoms with E-state index in [2.05, 4.69) is 38.2 Å². The summed E-state index contributed by atoms with van der Waals surface area (Å²) in [5, 5.41) is 18.9. The van der Waals surface area contributed by atoms with Gasteiger partial charge in [0.1, 0.15) is 17.1 Å². The molecule has 1 atom stereocenters. The molecule has 6 N–H and O–H groups in total. The van der Waals surface area contributed by atoms with Crippen molar-refractivity contribution in [2.24, 2.45) is 0 Å². The highest BCUT2D eigenvalue weighted by Gasteiger charge is 2.36. The molecule has 0 saturated heterocycles. The van der Waals surface area contributed by atoms with E-state index < -0.39 is 0 Å². The van der Waals surface area contributed by atoms with Gasteiger partial charge in [0.05, 0.1) is 11.2 Å². The lowest BCUT2D eigenvalue weighted by molar-refractivity contribution is -0.115. The predicted molar refractivity (Wildman–Crippen MR) is 181 cm³/mol. The number of H-pyrrole nitrogens is 3. The third kappa shape index (κ3) is 5.07. The summed E-state index contributed by atoms with van der Waals surface area (Å²) < 4.78 is 0. The number of benzene rings is 3. The number of phenolic OH excluding ortho intramolecular Hbond substituents is 1. The molecule has 3 aromatic heterocycles. The van der Waals surface area contributed by atoms with Crippen molar-refractivity contribution in [3.8, 4) is 5.75 Å². The highest BCUT2D eigenvalue weighted by Crippen LogP contribution is 2.46. The number of thiol groups is 1. The number of nitrogens with zero attached hydrogens (tertiary/aromatic N) is 1. The average Bonchev–Trinajstić information content (AvgIpc) is 3.80. The maximum atomic E-state index is 13.8. The third-order valence-electron chi connectivity index (χ3n) is 8.28. The molecule has 1 aliphatic rings. The number of phenols is 1. The van der Waals surface area contributed by atoms with Gasteiger partial charge >= 0.3 is 0 Å². The maximum Gasteiger partial charge on any atom is 0.274 e. The molecule has 0 aliphatic carbocycles. The van der Waals surface area contributed by atoms with E-state index in [1.54, 1.807) is 47.4 Å². The van der Waals surface area contributed by atoms with E-state index >= 15 is 0 Å². The molecule has 0 radical (unpaired) electrons. The van der Waals surface area contributed by atoms with E-state index in [-0.39, 0.29) is 29.4 Å². The summed E-state index contributed by atoms with van der Waals surface area (Å²) in [4.78, 5) is 50.0. The molecule has 0 saturated carbocycles. The van der Waals surface area contributed by atoms with Crippen LogP contribution in [0.5, 0.6) is 5.75 Å². The number of hydrogen-bond acceptors (Lipinski definition) is 5. The van der Waals surface area contributed by atoms with Gasteiger partial charge in [0.15, 0.2) is 0 Å². The zero-order valence-electron chi connectivity index (χ0n) is 24.1. The molecule has 12 heteroatoms. The van der Waals surface area contributed by atoms with Crippen LogP contribution < -0.4 is 15.5 Å². The van der Waals surface area contributed by atoms with Gasteiger partial charge in [0.2, 0.25) is 5.91 Å². The van der Waals surface area contributed by atoms with Gasteiger partial charge in [-0.1, -0.05) is 0 Å². The predicted octanol–water partition coefficient (Wildman–Crippen LogP) is 6.64. The van der Waals surface area contributed by atoms with Crippen LogP contribution in [0.3, 0.4) is 0 Å². The number of fused-ring (bicyclic) bond motifs is 5. The molecule has 3 aromatic carbocycles. The van der Waals surface area contributed by atoms with Crippen molar-refractivity contribution in [3.05, 3.63) is 83.3 Å². The van der Waals surface area contributed by atoms with E-state index in [1.165, 1.54) is 0 Å². The van der Waals surface area contributed by atoms with E-state index in [4.69, 9.17) is 11.6 Å². The molecule has 228 valence electrons. The maximum absolute atomic E-state index is 13.8. The number of carbonyl (C=O) groups is 3. The van der Waals surface area contributed by atoms with Gasteiger partial charge in [-0.15, -0.1) is 11.6 Å². The number of aromatic nitrogens is 3. The number of alkyl halides is 1. The Morgan fingerprint density at radius 3 is 2.33 bits per heavy atom. The Hall–Kier alpha value is -4.87. The van der Waals surface area contributed by atoms with Gasteiger partial charge in [-0.25, -0.2) is 0 Å². The quantitative estimate of drug-likeness (QED) is 0.0775. The number of carbonyl (C=O) groups excluding carboxylic acids is 3. The zero-order valence-corrected chi connectivity index (χ0v) is 25.8. The summed E-state index contributed by atoms with van der Waals surface area (Å²) in [5.74, 6) is 0.0960. The van der Waals surface area contributed by atoms with Gasteiger partial charge in [-0.3, -0.25) is 14.4 Å². The lowest BCUT2D eigenvalue weighted by atomic mass is 9.97. The van der Waals surface area contributed by atoms with Crippen molar-refractivity contribution in [1.29, 1.82) is 0 Å². The zero-order chi connectivity index (χ0) is 31.4. The molecule has 0 unspecified atom stereocenters. The van der Waals surface area contributed by atoms with E-state index in [1.807, 2.05) is 25.3 Å². The first kappa shape index (κ1) is 28.9. The van der Waals surface area contributed by atoms with Crippen LogP contribution in [0.2, 0.25) is 0 Å². The lowest BCUT2D eigenvalue weighted by Gasteiger charge is -2.17. The normalized spacial score (nSPS) is 14.4. The van der Waals surface area contributed by atoms with Crippen molar-refractivity contribution in [2.75, 3.05) is 33.7 Å². The molecular formula is C33H29ClN6O4S. The van der Waals surface area contributed by atoms with E-state index in [9.17, 15) is 19.5 Å². The number of rotatable bonds is 7. The fourth-order valence-corrected chi connectivity index (χ4v) is 6.63. The highest BCUT2D eigenvalue weighted by molar-refractivity contribution is 7.80.